The lowest BCUT2D eigenvalue weighted by Gasteiger charge is -2.32. The third kappa shape index (κ3) is 3.73. The second kappa shape index (κ2) is 6.02. The van der Waals surface area contributed by atoms with Gasteiger partial charge < -0.3 is 9.84 Å². The van der Waals surface area contributed by atoms with Crippen LogP contribution in [-0.4, -0.2) is 34.3 Å². The normalized spacial score (nSPS) is 22.4. The molecule has 0 unspecified atom stereocenters. The van der Waals surface area contributed by atoms with Gasteiger partial charge in [0, 0.05) is 0 Å². The van der Waals surface area contributed by atoms with Crippen LogP contribution in [0.1, 0.15) is 45.2 Å². The van der Waals surface area contributed by atoms with E-state index in [1.807, 2.05) is 0 Å². The van der Waals surface area contributed by atoms with Crippen LogP contribution in [0.2, 0.25) is 0 Å². The van der Waals surface area contributed by atoms with Gasteiger partial charge in [0.25, 0.3) is 0 Å². The standard InChI is InChI=1S/C16H22FNO3/c1-16(2,3)21-15(20)18-13(10-19)7-8-14(18)11-5-4-6-12(17)9-11/h4-6,9,13-14,19H,7-8,10H2,1-3H3/t13-,14+/m1/s1. The lowest BCUT2D eigenvalue weighted by molar-refractivity contribution is 0.00866. The number of aliphatic hydroxyl groups excluding tert-OH is 1. The molecule has 1 amide bonds. The Hall–Kier alpha value is -1.62. The predicted molar refractivity (Wildman–Crippen MR) is 77.3 cm³/mol. The fraction of sp³-hybridized carbons (Fsp3) is 0.562. The van der Waals surface area contributed by atoms with Gasteiger partial charge in [-0.05, 0) is 51.3 Å². The van der Waals surface area contributed by atoms with Crippen molar-refractivity contribution in [2.24, 2.45) is 0 Å². The van der Waals surface area contributed by atoms with Gasteiger partial charge in [-0.1, -0.05) is 12.1 Å². The first-order chi connectivity index (χ1) is 9.81. The molecule has 4 nitrogen and oxygen atoms in total. The molecular weight excluding hydrogens is 273 g/mol. The van der Waals surface area contributed by atoms with E-state index < -0.39 is 11.7 Å². The maximum atomic E-state index is 13.4. The predicted octanol–water partition coefficient (Wildman–Crippen LogP) is 3.26. The zero-order valence-corrected chi connectivity index (χ0v) is 12.7. The van der Waals surface area contributed by atoms with Gasteiger partial charge in [0.2, 0.25) is 0 Å². The molecule has 116 valence electrons. The van der Waals surface area contributed by atoms with Crippen LogP contribution in [0.25, 0.3) is 0 Å². The molecule has 1 N–H and O–H groups in total. The van der Waals surface area contributed by atoms with Gasteiger partial charge in [0.1, 0.15) is 11.4 Å². The molecular formula is C16H22FNO3. The van der Waals surface area contributed by atoms with Crippen molar-refractivity contribution < 1.29 is 19.0 Å². The van der Waals surface area contributed by atoms with Gasteiger partial charge in [-0.15, -0.1) is 0 Å². The average Bonchev–Trinajstić information content (AvgIpc) is 2.80. The van der Waals surface area contributed by atoms with E-state index in [1.54, 1.807) is 37.8 Å². The minimum absolute atomic E-state index is 0.120. The summed E-state index contributed by atoms with van der Waals surface area (Å²) in [5, 5.41) is 9.48. The summed E-state index contributed by atoms with van der Waals surface area (Å²) in [5.74, 6) is -0.330. The Labute approximate surface area is 124 Å². The summed E-state index contributed by atoms with van der Waals surface area (Å²) in [4.78, 5) is 13.9. The van der Waals surface area contributed by atoms with E-state index in [0.29, 0.717) is 12.8 Å². The van der Waals surface area contributed by atoms with Gasteiger partial charge in [0.05, 0.1) is 18.7 Å². The molecule has 0 bridgehead atoms. The van der Waals surface area contributed by atoms with Crippen molar-refractivity contribution in [2.45, 2.75) is 51.3 Å². The molecule has 2 rings (SSSR count). The molecule has 1 saturated heterocycles. The van der Waals surface area contributed by atoms with Crippen molar-refractivity contribution in [1.29, 1.82) is 0 Å². The van der Waals surface area contributed by atoms with Crippen molar-refractivity contribution >= 4 is 6.09 Å². The number of ether oxygens (including phenoxy) is 1. The zero-order valence-electron chi connectivity index (χ0n) is 12.7. The lowest BCUT2D eigenvalue weighted by atomic mass is 10.0. The monoisotopic (exact) mass is 295 g/mol. The van der Waals surface area contributed by atoms with Gasteiger partial charge in [-0.2, -0.15) is 0 Å². The Morgan fingerprint density at radius 1 is 1.43 bits per heavy atom. The number of likely N-dealkylation sites (tertiary alicyclic amines) is 1. The number of aliphatic hydroxyl groups is 1. The van der Waals surface area contributed by atoms with Gasteiger partial charge in [-0.25, -0.2) is 9.18 Å². The summed E-state index contributed by atoms with van der Waals surface area (Å²) < 4.78 is 18.8. The highest BCUT2D eigenvalue weighted by molar-refractivity contribution is 5.70. The molecule has 1 heterocycles. The van der Waals surface area contributed by atoms with Crippen molar-refractivity contribution in [2.75, 3.05) is 6.61 Å². The first kappa shape index (κ1) is 15.8. The minimum Gasteiger partial charge on any atom is -0.444 e. The molecule has 1 aromatic carbocycles. The van der Waals surface area contributed by atoms with E-state index in [2.05, 4.69) is 0 Å². The van der Waals surface area contributed by atoms with Crippen LogP contribution in [0, 0.1) is 5.82 Å². The van der Waals surface area contributed by atoms with E-state index in [0.717, 1.165) is 5.56 Å². The molecule has 5 heteroatoms. The van der Waals surface area contributed by atoms with Crippen LogP contribution in [0.5, 0.6) is 0 Å². The number of hydrogen-bond acceptors (Lipinski definition) is 3. The molecule has 0 aromatic heterocycles. The van der Waals surface area contributed by atoms with Crippen LogP contribution in [-0.2, 0) is 4.74 Å². The summed E-state index contributed by atoms with van der Waals surface area (Å²) in [7, 11) is 0. The van der Waals surface area contributed by atoms with E-state index in [-0.39, 0.29) is 24.5 Å². The number of hydrogen-bond donors (Lipinski definition) is 1. The smallest absolute Gasteiger partial charge is 0.411 e. The summed E-state index contributed by atoms with van der Waals surface area (Å²) in [6, 6.07) is 5.69. The molecule has 1 aliphatic heterocycles. The fourth-order valence-corrected chi connectivity index (χ4v) is 2.69. The number of nitrogens with zero attached hydrogens (tertiary/aromatic N) is 1. The molecule has 0 radical (unpaired) electrons. The van der Waals surface area contributed by atoms with E-state index >= 15 is 0 Å². The molecule has 1 aromatic rings. The van der Waals surface area contributed by atoms with Crippen LogP contribution >= 0.6 is 0 Å². The summed E-state index contributed by atoms with van der Waals surface area (Å²) in [5.41, 5.74) is 0.128. The molecule has 0 spiro atoms. The molecule has 21 heavy (non-hydrogen) atoms. The van der Waals surface area contributed by atoms with Gasteiger partial charge >= 0.3 is 6.09 Å². The first-order valence-corrected chi connectivity index (χ1v) is 7.19. The third-order valence-corrected chi connectivity index (χ3v) is 3.55. The van der Waals surface area contributed by atoms with E-state index in [9.17, 15) is 14.3 Å². The van der Waals surface area contributed by atoms with E-state index in [1.165, 1.54) is 12.1 Å². The number of amides is 1. The second-order valence-electron chi connectivity index (χ2n) is 6.37. The van der Waals surface area contributed by atoms with Crippen LogP contribution in [0.3, 0.4) is 0 Å². The lowest BCUT2D eigenvalue weighted by Crippen LogP contribution is -2.42. The Morgan fingerprint density at radius 3 is 2.71 bits per heavy atom. The number of rotatable bonds is 2. The Bertz CT molecular complexity index is 512. The Kier molecular flexibility index (Phi) is 4.52. The van der Waals surface area contributed by atoms with Gasteiger partial charge in [0.15, 0.2) is 0 Å². The molecule has 1 aliphatic rings. The fourth-order valence-electron chi connectivity index (χ4n) is 2.69. The summed E-state index contributed by atoms with van der Waals surface area (Å²) >= 11 is 0. The zero-order chi connectivity index (χ0) is 15.6. The quantitative estimate of drug-likeness (QED) is 0.911. The summed E-state index contributed by atoms with van der Waals surface area (Å²) in [6.45, 7) is 5.27. The topological polar surface area (TPSA) is 49.8 Å². The van der Waals surface area contributed by atoms with Gasteiger partial charge in [-0.3, -0.25) is 4.90 Å². The third-order valence-electron chi connectivity index (χ3n) is 3.55. The van der Waals surface area contributed by atoms with Crippen molar-refractivity contribution in [3.63, 3.8) is 0 Å². The van der Waals surface area contributed by atoms with Crippen molar-refractivity contribution in [1.82, 2.24) is 4.90 Å². The highest BCUT2D eigenvalue weighted by atomic mass is 19.1. The number of halogens is 1. The number of carbonyl (C=O) groups is 1. The molecule has 1 fully saturated rings. The average molecular weight is 295 g/mol. The maximum Gasteiger partial charge on any atom is 0.411 e. The Morgan fingerprint density at radius 2 is 2.14 bits per heavy atom. The highest BCUT2D eigenvalue weighted by Crippen LogP contribution is 2.37. The maximum absolute atomic E-state index is 13.4. The largest absolute Gasteiger partial charge is 0.444 e. The second-order valence-corrected chi connectivity index (χ2v) is 6.37. The summed E-state index contributed by atoms with van der Waals surface area (Å²) in [6.07, 6.45) is 0.901. The Balaban J connectivity index is 2.26. The van der Waals surface area contributed by atoms with Crippen LogP contribution in [0.4, 0.5) is 9.18 Å². The minimum atomic E-state index is -0.605. The molecule has 0 saturated carbocycles. The molecule has 0 aliphatic carbocycles. The number of benzene rings is 1. The van der Waals surface area contributed by atoms with Crippen molar-refractivity contribution in [3.8, 4) is 0 Å². The van der Waals surface area contributed by atoms with E-state index in [4.69, 9.17) is 4.74 Å². The molecule has 2 atom stereocenters. The highest BCUT2D eigenvalue weighted by Gasteiger charge is 2.39. The number of carbonyl (C=O) groups excluding carboxylic acids is 1. The van der Waals surface area contributed by atoms with Crippen LogP contribution < -0.4 is 0 Å². The van der Waals surface area contributed by atoms with Crippen molar-refractivity contribution in [3.05, 3.63) is 35.6 Å². The van der Waals surface area contributed by atoms with Crippen LogP contribution in [0.15, 0.2) is 24.3 Å². The SMILES string of the molecule is CC(C)(C)OC(=O)N1[C@@H](CO)CC[C@H]1c1cccc(F)c1. The first-order valence-electron chi connectivity index (χ1n) is 7.19.